The van der Waals surface area contributed by atoms with E-state index in [1.54, 1.807) is 0 Å². The summed E-state index contributed by atoms with van der Waals surface area (Å²) in [5.74, 6) is 0. The van der Waals surface area contributed by atoms with Gasteiger partial charge in [0, 0.05) is 25.5 Å². The molecule has 2 heterocycles. The zero-order valence-electron chi connectivity index (χ0n) is 10.3. The van der Waals surface area contributed by atoms with E-state index in [1.807, 2.05) is 6.92 Å². The molecule has 0 aliphatic rings. The van der Waals surface area contributed by atoms with Gasteiger partial charge >= 0.3 is 0 Å². The first-order chi connectivity index (χ1) is 7.04. The Kier molecular flexibility index (Phi) is 3.85. The van der Waals surface area contributed by atoms with Crippen LogP contribution < -0.4 is 0 Å². The van der Waals surface area contributed by atoms with Crippen molar-refractivity contribution in [2.24, 2.45) is 0 Å². The molecule has 0 amide bonds. The smallest absolute Gasteiger partial charge is 0.0249 e. The van der Waals surface area contributed by atoms with Gasteiger partial charge in [-0.3, -0.25) is 5.10 Å². The molecule has 3 nitrogen and oxygen atoms in total. The second kappa shape index (κ2) is 4.62. The van der Waals surface area contributed by atoms with Crippen LogP contribution in [0.5, 0.6) is 0 Å². The van der Waals surface area contributed by atoms with Gasteiger partial charge in [0.25, 0.3) is 0 Å². The van der Waals surface area contributed by atoms with Crippen LogP contribution in [0.4, 0.5) is 0 Å². The van der Waals surface area contributed by atoms with E-state index in [9.17, 15) is 0 Å². The van der Waals surface area contributed by atoms with Crippen LogP contribution in [0.3, 0.4) is 0 Å². The topological polar surface area (TPSA) is 30.7 Å². The fourth-order valence-corrected chi connectivity index (χ4v) is 2.22. The fourth-order valence-electron chi connectivity index (χ4n) is 2.22. The number of hydrogen-bond donors (Lipinski definition) is 0. The summed E-state index contributed by atoms with van der Waals surface area (Å²) in [5, 5.41) is 9.18. The van der Waals surface area contributed by atoms with Crippen LogP contribution >= 0.6 is 0 Å². The van der Waals surface area contributed by atoms with Crippen LogP contribution in [0.25, 0.3) is 10.9 Å². The van der Waals surface area contributed by atoms with Crippen LogP contribution in [0.1, 0.15) is 36.8 Å². The number of hydrogen-bond acceptors (Lipinski definition) is 2. The Morgan fingerprint density at radius 1 is 1.19 bits per heavy atom. The van der Waals surface area contributed by atoms with Crippen molar-refractivity contribution in [3.63, 3.8) is 0 Å². The van der Waals surface area contributed by atoms with E-state index in [1.165, 1.54) is 16.6 Å². The van der Waals surface area contributed by atoms with Crippen LogP contribution in [0.15, 0.2) is 0 Å². The summed E-state index contributed by atoms with van der Waals surface area (Å²) in [4.78, 5) is 0. The monoisotopic (exact) mass is 305 g/mol. The van der Waals surface area contributed by atoms with Gasteiger partial charge in [-0.2, -0.15) is 5.10 Å². The molecule has 0 saturated carbocycles. The Hall–Kier alpha value is -0.757. The molecule has 1 radical (unpaired) electrons. The maximum atomic E-state index is 4.06. The summed E-state index contributed by atoms with van der Waals surface area (Å²) in [6.45, 7) is 10.6. The quantitative estimate of drug-likeness (QED) is 0.599. The molecule has 0 spiro atoms. The zero-order valence-corrected chi connectivity index (χ0v) is 11.9. The Morgan fingerprint density at radius 3 is 2.38 bits per heavy atom. The van der Waals surface area contributed by atoms with Crippen LogP contribution in [0.2, 0.25) is 0 Å². The summed E-state index contributed by atoms with van der Waals surface area (Å²) in [7, 11) is 0. The minimum Gasteiger partial charge on any atom is -0.376 e. The first-order valence-electron chi connectivity index (χ1n) is 5.26. The van der Waals surface area contributed by atoms with Gasteiger partial charge in [0.15, 0.2) is 0 Å². The largest absolute Gasteiger partial charge is 0.376 e. The van der Waals surface area contributed by atoms with E-state index in [0.717, 1.165) is 11.2 Å². The third-order valence-electron chi connectivity index (χ3n) is 2.99. The average molecular weight is 305 g/mol. The molecule has 0 saturated heterocycles. The molecule has 0 aliphatic heterocycles. The van der Waals surface area contributed by atoms with Crippen molar-refractivity contribution in [2.75, 3.05) is 0 Å². The molecule has 16 heavy (non-hydrogen) atoms. The fraction of sp³-hybridized carbons (Fsp3) is 0.500. The average Bonchev–Trinajstić information content (AvgIpc) is 2.41. The Balaban J connectivity index is 0.00000128. The van der Waals surface area contributed by atoms with Gasteiger partial charge < -0.3 is 4.57 Å². The predicted octanol–water partition coefficient (Wildman–Crippen LogP) is 2.74. The molecular weight excluding hydrogens is 289 g/mol. The van der Waals surface area contributed by atoms with Crippen molar-refractivity contribution in [1.29, 1.82) is 0 Å². The van der Waals surface area contributed by atoms with Gasteiger partial charge in [0.05, 0.1) is 0 Å². The number of fused-ring (bicyclic) bond motifs is 1. The minimum absolute atomic E-state index is 0. The number of aromatic nitrogens is 3. The van der Waals surface area contributed by atoms with E-state index in [4.69, 9.17) is 0 Å². The molecule has 0 atom stereocenters. The Morgan fingerprint density at radius 2 is 1.81 bits per heavy atom. The molecule has 4 heteroatoms. The summed E-state index contributed by atoms with van der Waals surface area (Å²) in [6.07, 6.45) is 3.01. The maximum Gasteiger partial charge on any atom is 0.0249 e. The summed E-state index contributed by atoms with van der Waals surface area (Å²) < 4.78 is 2.27. The third-order valence-corrected chi connectivity index (χ3v) is 2.99. The molecule has 2 aromatic rings. The molecule has 0 fully saturated rings. The normalized spacial score (nSPS) is 10.9. The Labute approximate surface area is 109 Å². The summed E-state index contributed by atoms with van der Waals surface area (Å²) >= 11 is 0. The molecule has 0 bridgehead atoms. The first kappa shape index (κ1) is 13.3. The van der Waals surface area contributed by atoms with Gasteiger partial charge in [-0.1, -0.05) is 18.6 Å². The molecule has 2 aromatic heterocycles. The van der Waals surface area contributed by atoms with Crippen LogP contribution in [0, 0.1) is 27.0 Å². The summed E-state index contributed by atoms with van der Waals surface area (Å²) in [6, 6.07) is 0.432. The third kappa shape index (κ3) is 1.80. The molecule has 0 unspecified atom stereocenters. The van der Waals surface area contributed by atoms with Gasteiger partial charge in [-0.05, 0) is 39.1 Å². The van der Waals surface area contributed by atoms with Crippen LogP contribution in [-0.2, 0) is 19.5 Å². The van der Waals surface area contributed by atoms with Crippen LogP contribution in [-0.4, -0.2) is 14.8 Å². The standard InChI is InChI=1S/C12H16N3.Rh/c1-7(2)15-10(5)8(3)12-9(4)14-13-6-11(12)15;/h7H,1-5H3;/q-1;. The van der Waals surface area contributed by atoms with E-state index >= 15 is 0 Å². The molecule has 0 aromatic carbocycles. The van der Waals surface area contributed by atoms with Gasteiger partial charge in [-0.15, -0.1) is 10.9 Å². The van der Waals surface area contributed by atoms with Crippen molar-refractivity contribution in [1.82, 2.24) is 14.8 Å². The Bertz CT molecular complexity index is 514. The van der Waals surface area contributed by atoms with Crippen molar-refractivity contribution in [3.8, 4) is 0 Å². The van der Waals surface area contributed by atoms with E-state index < -0.39 is 0 Å². The second-order valence-corrected chi connectivity index (χ2v) is 4.29. The number of aryl methyl sites for hydroxylation is 2. The molecule has 0 aliphatic carbocycles. The first-order valence-corrected chi connectivity index (χ1v) is 5.26. The summed E-state index contributed by atoms with van der Waals surface area (Å²) in [5.41, 5.74) is 4.65. The van der Waals surface area contributed by atoms with Gasteiger partial charge in [0.2, 0.25) is 0 Å². The van der Waals surface area contributed by atoms with Gasteiger partial charge in [-0.25, -0.2) is 0 Å². The van der Waals surface area contributed by atoms with E-state index in [2.05, 4.69) is 48.7 Å². The van der Waals surface area contributed by atoms with Gasteiger partial charge in [0.1, 0.15) is 0 Å². The predicted molar refractivity (Wildman–Crippen MR) is 61.0 cm³/mol. The zero-order chi connectivity index (χ0) is 11.2. The minimum atomic E-state index is 0. The van der Waals surface area contributed by atoms with Crippen molar-refractivity contribution in [3.05, 3.63) is 23.1 Å². The molecule has 0 N–H and O–H groups in total. The maximum absolute atomic E-state index is 4.06. The van der Waals surface area contributed by atoms with E-state index in [0.29, 0.717) is 6.04 Å². The SMILES string of the molecule is Cc1nn[c-]c2c1c(C)c(C)n2C(C)C.[Rh]. The molecule has 89 valence electrons. The molecule has 2 rings (SSSR count). The van der Waals surface area contributed by atoms with Crippen molar-refractivity contribution < 1.29 is 19.5 Å². The number of rotatable bonds is 1. The molecular formula is C12H16N3Rh-. The number of nitrogens with zero attached hydrogens (tertiary/aromatic N) is 3. The second-order valence-electron chi connectivity index (χ2n) is 4.29. The van der Waals surface area contributed by atoms with E-state index in [-0.39, 0.29) is 19.5 Å². The van der Waals surface area contributed by atoms with Crippen molar-refractivity contribution >= 4 is 10.9 Å². The van der Waals surface area contributed by atoms with Crippen molar-refractivity contribution in [2.45, 2.75) is 40.7 Å².